The molecule has 0 amide bonds. The van der Waals surface area contributed by atoms with E-state index in [9.17, 15) is 4.39 Å². The van der Waals surface area contributed by atoms with E-state index in [1.165, 1.54) is 23.9 Å². The van der Waals surface area contributed by atoms with E-state index in [1.807, 2.05) is 29.7 Å². The Labute approximate surface area is 155 Å². The lowest BCUT2D eigenvalue weighted by Crippen LogP contribution is -2.07. The second-order valence-electron chi connectivity index (χ2n) is 5.30. The van der Waals surface area contributed by atoms with Gasteiger partial charge in [-0.1, -0.05) is 35.5 Å². The first kappa shape index (κ1) is 17.8. The first-order chi connectivity index (χ1) is 12.2. The number of aromatic nitrogens is 3. The second-order valence-corrected chi connectivity index (χ2v) is 6.68. The highest BCUT2D eigenvalue weighted by molar-refractivity contribution is 7.98. The summed E-state index contributed by atoms with van der Waals surface area (Å²) in [6, 6.07) is 13.8. The van der Waals surface area contributed by atoms with Gasteiger partial charge in [0.25, 0.3) is 0 Å². The van der Waals surface area contributed by atoms with Gasteiger partial charge in [-0.15, -0.1) is 10.2 Å². The van der Waals surface area contributed by atoms with Crippen molar-refractivity contribution < 1.29 is 9.13 Å². The number of hydrogen-bond acceptors (Lipinski definition) is 4. The van der Waals surface area contributed by atoms with Gasteiger partial charge in [0, 0.05) is 17.3 Å². The fraction of sp³-hybridized carbons (Fsp3) is 0.222. The van der Waals surface area contributed by atoms with Crippen LogP contribution in [0.25, 0.3) is 0 Å². The zero-order chi connectivity index (χ0) is 17.6. The van der Waals surface area contributed by atoms with Crippen LogP contribution in [0, 0.1) is 5.82 Å². The third-order valence-corrected chi connectivity index (χ3v) is 4.84. The van der Waals surface area contributed by atoms with Crippen LogP contribution in [-0.2, 0) is 18.9 Å². The van der Waals surface area contributed by atoms with E-state index in [0.29, 0.717) is 17.4 Å². The molecule has 4 nitrogen and oxygen atoms in total. The highest BCUT2D eigenvalue weighted by Crippen LogP contribution is 2.23. The van der Waals surface area contributed by atoms with Crippen molar-refractivity contribution in [2.24, 2.45) is 0 Å². The summed E-state index contributed by atoms with van der Waals surface area (Å²) < 4.78 is 21.0. The maximum absolute atomic E-state index is 13.3. The van der Waals surface area contributed by atoms with E-state index in [-0.39, 0.29) is 5.82 Å². The van der Waals surface area contributed by atoms with Crippen LogP contribution in [0.2, 0.25) is 5.02 Å². The molecule has 0 radical (unpaired) electrons. The molecule has 0 saturated carbocycles. The maximum atomic E-state index is 13.3. The van der Waals surface area contributed by atoms with Crippen molar-refractivity contribution in [1.29, 1.82) is 0 Å². The Bertz CT molecular complexity index is 839. The summed E-state index contributed by atoms with van der Waals surface area (Å²) in [6.45, 7) is 3.09. The molecular formula is C18H17ClFN3OS. The SMILES string of the molecule is CCn1c(COc2ccc(Cl)cc2)nnc1SCc1cccc(F)c1. The smallest absolute Gasteiger partial charge is 0.191 e. The molecule has 0 aliphatic carbocycles. The van der Waals surface area contributed by atoms with E-state index < -0.39 is 0 Å². The van der Waals surface area contributed by atoms with Crippen molar-refractivity contribution in [2.75, 3.05) is 0 Å². The molecule has 0 N–H and O–H groups in total. The Morgan fingerprint density at radius 1 is 1.16 bits per heavy atom. The summed E-state index contributed by atoms with van der Waals surface area (Å²) in [5, 5.41) is 9.91. The summed E-state index contributed by atoms with van der Waals surface area (Å²) in [5.41, 5.74) is 0.912. The van der Waals surface area contributed by atoms with Crippen LogP contribution in [0.5, 0.6) is 5.75 Å². The Kier molecular flexibility index (Phi) is 5.94. The zero-order valence-electron chi connectivity index (χ0n) is 13.7. The minimum absolute atomic E-state index is 0.230. The predicted molar refractivity (Wildman–Crippen MR) is 97.4 cm³/mol. The lowest BCUT2D eigenvalue weighted by Gasteiger charge is -2.09. The average Bonchev–Trinajstić information content (AvgIpc) is 3.01. The number of nitrogens with zero attached hydrogens (tertiary/aromatic N) is 3. The monoisotopic (exact) mass is 377 g/mol. The van der Waals surface area contributed by atoms with Crippen molar-refractivity contribution in [3.63, 3.8) is 0 Å². The van der Waals surface area contributed by atoms with Crippen molar-refractivity contribution in [2.45, 2.75) is 31.0 Å². The zero-order valence-corrected chi connectivity index (χ0v) is 15.2. The summed E-state index contributed by atoms with van der Waals surface area (Å²) in [7, 11) is 0. The van der Waals surface area contributed by atoms with Crippen LogP contribution in [0.3, 0.4) is 0 Å². The van der Waals surface area contributed by atoms with Gasteiger partial charge < -0.3 is 9.30 Å². The van der Waals surface area contributed by atoms with Gasteiger partial charge in [0.05, 0.1) is 0 Å². The van der Waals surface area contributed by atoms with Gasteiger partial charge in [-0.25, -0.2) is 4.39 Å². The van der Waals surface area contributed by atoms with Gasteiger partial charge in [0.1, 0.15) is 18.2 Å². The molecule has 0 spiro atoms. The maximum Gasteiger partial charge on any atom is 0.191 e. The first-order valence-electron chi connectivity index (χ1n) is 7.83. The first-order valence-corrected chi connectivity index (χ1v) is 9.19. The molecule has 0 saturated heterocycles. The summed E-state index contributed by atoms with van der Waals surface area (Å²) in [6.07, 6.45) is 0. The third kappa shape index (κ3) is 4.74. The molecule has 3 aromatic rings. The molecule has 25 heavy (non-hydrogen) atoms. The van der Waals surface area contributed by atoms with E-state index in [4.69, 9.17) is 16.3 Å². The van der Waals surface area contributed by atoms with Crippen LogP contribution in [0.4, 0.5) is 4.39 Å². The minimum Gasteiger partial charge on any atom is -0.486 e. The van der Waals surface area contributed by atoms with Gasteiger partial charge in [-0.3, -0.25) is 0 Å². The van der Waals surface area contributed by atoms with Gasteiger partial charge in [0.15, 0.2) is 11.0 Å². The molecule has 0 aliphatic rings. The molecule has 0 aliphatic heterocycles. The molecule has 0 unspecified atom stereocenters. The van der Waals surface area contributed by atoms with Crippen molar-refractivity contribution in [3.8, 4) is 5.75 Å². The molecule has 2 aromatic carbocycles. The van der Waals surface area contributed by atoms with Crippen LogP contribution in [-0.4, -0.2) is 14.8 Å². The topological polar surface area (TPSA) is 39.9 Å². The molecule has 1 aromatic heterocycles. The normalized spacial score (nSPS) is 10.8. The van der Waals surface area contributed by atoms with Gasteiger partial charge in [-0.05, 0) is 48.9 Å². The number of halogens is 2. The van der Waals surface area contributed by atoms with Crippen LogP contribution in [0.1, 0.15) is 18.3 Å². The Morgan fingerprint density at radius 2 is 1.96 bits per heavy atom. The molecule has 0 bridgehead atoms. The van der Waals surface area contributed by atoms with Crippen molar-refractivity contribution >= 4 is 23.4 Å². The van der Waals surface area contributed by atoms with Crippen LogP contribution in [0.15, 0.2) is 53.7 Å². The lowest BCUT2D eigenvalue weighted by atomic mass is 10.2. The lowest BCUT2D eigenvalue weighted by molar-refractivity contribution is 0.288. The van der Waals surface area contributed by atoms with Crippen molar-refractivity contribution in [3.05, 3.63) is 70.8 Å². The molecule has 7 heteroatoms. The van der Waals surface area contributed by atoms with Crippen LogP contribution < -0.4 is 4.74 Å². The molecular weight excluding hydrogens is 361 g/mol. The molecule has 130 valence electrons. The summed E-state index contributed by atoms with van der Waals surface area (Å²) >= 11 is 7.39. The largest absolute Gasteiger partial charge is 0.486 e. The van der Waals surface area contributed by atoms with E-state index in [0.717, 1.165) is 28.8 Å². The summed E-state index contributed by atoms with van der Waals surface area (Å²) in [5.74, 6) is 1.88. The van der Waals surface area contributed by atoms with Crippen LogP contribution >= 0.6 is 23.4 Å². The summed E-state index contributed by atoms with van der Waals surface area (Å²) in [4.78, 5) is 0. The molecule has 3 rings (SSSR count). The molecule has 0 atom stereocenters. The predicted octanol–water partition coefficient (Wildman–Crippen LogP) is 4.96. The number of rotatable bonds is 7. The van der Waals surface area contributed by atoms with E-state index >= 15 is 0 Å². The fourth-order valence-electron chi connectivity index (χ4n) is 2.30. The Morgan fingerprint density at radius 3 is 2.68 bits per heavy atom. The Hall–Kier alpha value is -2.05. The third-order valence-electron chi connectivity index (χ3n) is 3.55. The van der Waals surface area contributed by atoms with Gasteiger partial charge in [0.2, 0.25) is 0 Å². The number of hydrogen-bond donors (Lipinski definition) is 0. The second kappa shape index (κ2) is 8.36. The van der Waals surface area contributed by atoms with E-state index in [1.54, 1.807) is 18.2 Å². The highest BCUT2D eigenvalue weighted by Gasteiger charge is 2.12. The standard InChI is InChI=1S/C18H17ClFN3OS/c1-2-23-17(11-24-16-8-6-14(19)7-9-16)21-22-18(23)25-12-13-4-3-5-15(20)10-13/h3-10H,2,11-12H2,1H3. The fourth-order valence-corrected chi connectivity index (χ4v) is 3.39. The quantitative estimate of drug-likeness (QED) is 0.545. The van der Waals surface area contributed by atoms with E-state index in [2.05, 4.69) is 10.2 Å². The Balaban J connectivity index is 1.64. The van der Waals surface area contributed by atoms with Gasteiger partial charge >= 0.3 is 0 Å². The average molecular weight is 378 g/mol. The minimum atomic E-state index is -0.230. The molecule has 1 heterocycles. The number of thioether (sulfide) groups is 1. The van der Waals surface area contributed by atoms with Crippen molar-refractivity contribution in [1.82, 2.24) is 14.8 Å². The van der Waals surface area contributed by atoms with Gasteiger partial charge in [-0.2, -0.15) is 0 Å². The number of benzene rings is 2. The highest BCUT2D eigenvalue weighted by atomic mass is 35.5. The number of ether oxygens (including phenoxy) is 1. The molecule has 0 fully saturated rings.